The van der Waals surface area contributed by atoms with Crippen LogP contribution in [0.4, 0.5) is 0 Å². The van der Waals surface area contributed by atoms with Gasteiger partial charge < -0.3 is 0 Å². The summed E-state index contributed by atoms with van der Waals surface area (Å²) in [6.07, 6.45) is 5.30. The predicted molar refractivity (Wildman–Crippen MR) is 43.9 cm³/mol. The van der Waals surface area contributed by atoms with E-state index in [-0.39, 0.29) is 5.41 Å². The van der Waals surface area contributed by atoms with Crippen LogP contribution in [0.25, 0.3) is 0 Å². The van der Waals surface area contributed by atoms with Gasteiger partial charge in [0.2, 0.25) is 0 Å². The molecule has 0 spiro atoms. The standard InChI is InChI=1S/C8H15Cl/c1-4-5-6-8(2,3)7-9/h4-5H,6-7H2,1-3H3/b5-4+. The lowest BCUT2D eigenvalue weighted by atomic mass is 9.92. The molecule has 0 unspecified atom stereocenters. The Hall–Kier alpha value is 0.0300. The van der Waals surface area contributed by atoms with Crippen LogP contribution in [0.5, 0.6) is 0 Å². The van der Waals surface area contributed by atoms with Crippen molar-refractivity contribution < 1.29 is 0 Å². The van der Waals surface area contributed by atoms with Crippen molar-refractivity contribution in [2.45, 2.75) is 27.2 Å². The van der Waals surface area contributed by atoms with Crippen LogP contribution in [0.1, 0.15) is 27.2 Å². The second kappa shape index (κ2) is 3.94. The number of allylic oxidation sites excluding steroid dienone is 2. The molecule has 0 aliphatic carbocycles. The Morgan fingerprint density at radius 2 is 2.00 bits per heavy atom. The van der Waals surface area contributed by atoms with Gasteiger partial charge in [-0.2, -0.15) is 0 Å². The highest BCUT2D eigenvalue weighted by atomic mass is 35.5. The Morgan fingerprint density at radius 1 is 1.44 bits per heavy atom. The Labute approximate surface area is 62.9 Å². The van der Waals surface area contributed by atoms with Crippen molar-refractivity contribution in [3.8, 4) is 0 Å². The second-order valence-corrected chi connectivity index (χ2v) is 3.34. The molecule has 0 saturated carbocycles. The van der Waals surface area contributed by atoms with E-state index in [0.29, 0.717) is 0 Å². The molecule has 0 nitrogen and oxygen atoms in total. The molecule has 0 heterocycles. The minimum absolute atomic E-state index is 0.272. The summed E-state index contributed by atoms with van der Waals surface area (Å²) in [5, 5.41) is 0. The molecule has 0 bridgehead atoms. The van der Waals surface area contributed by atoms with Crippen LogP contribution < -0.4 is 0 Å². The molecule has 0 aromatic rings. The normalized spacial score (nSPS) is 12.9. The molecule has 0 aromatic carbocycles. The summed E-state index contributed by atoms with van der Waals surface area (Å²) in [6.45, 7) is 6.37. The molecule has 9 heavy (non-hydrogen) atoms. The smallest absolute Gasteiger partial charge is 0.0277 e. The molecule has 0 fully saturated rings. The van der Waals surface area contributed by atoms with Crippen molar-refractivity contribution in [1.82, 2.24) is 0 Å². The van der Waals surface area contributed by atoms with Gasteiger partial charge in [-0.05, 0) is 18.8 Å². The van der Waals surface area contributed by atoms with Gasteiger partial charge in [-0.1, -0.05) is 26.0 Å². The zero-order valence-corrected chi connectivity index (χ0v) is 7.20. The largest absolute Gasteiger partial charge is 0.126 e. The first-order valence-electron chi connectivity index (χ1n) is 3.29. The fraction of sp³-hybridized carbons (Fsp3) is 0.750. The van der Waals surface area contributed by atoms with Gasteiger partial charge in [0.15, 0.2) is 0 Å². The van der Waals surface area contributed by atoms with Gasteiger partial charge in [0, 0.05) is 5.88 Å². The quantitative estimate of drug-likeness (QED) is 0.424. The van der Waals surface area contributed by atoms with E-state index < -0.39 is 0 Å². The second-order valence-electron chi connectivity index (χ2n) is 3.07. The number of hydrogen-bond donors (Lipinski definition) is 0. The number of rotatable bonds is 3. The van der Waals surface area contributed by atoms with Gasteiger partial charge >= 0.3 is 0 Å². The van der Waals surface area contributed by atoms with Crippen LogP contribution in [0, 0.1) is 5.41 Å². The molecule has 0 saturated heterocycles. The molecule has 0 aromatic heterocycles. The van der Waals surface area contributed by atoms with Gasteiger partial charge in [0.25, 0.3) is 0 Å². The first-order chi connectivity index (χ1) is 4.12. The van der Waals surface area contributed by atoms with E-state index in [9.17, 15) is 0 Å². The maximum Gasteiger partial charge on any atom is 0.0277 e. The topological polar surface area (TPSA) is 0 Å². The van der Waals surface area contributed by atoms with Gasteiger partial charge in [-0.3, -0.25) is 0 Å². The molecule has 1 heteroatoms. The Balaban J connectivity index is 3.58. The first-order valence-corrected chi connectivity index (χ1v) is 3.83. The molecular formula is C8H15Cl. The molecule has 0 rings (SSSR count). The van der Waals surface area contributed by atoms with E-state index >= 15 is 0 Å². The summed E-state index contributed by atoms with van der Waals surface area (Å²) < 4.78 is 0. The van der Waals surface area contributed by atoms with E-state index in [0.717, 1.165) is 12.3 Å². The summed E-state index contributed by atoms with van der Waals surface area (Å²) in [6, 6.07) is 0. The summed E-state index contributed by atoms with van der Waals surface area (Å²) >= 11 is 5.70. The van der Waals surface area contributed by atoms with Crippen LogP contribution in [0.2, 0.25) is 0 Å². The molecule has 0 aliphatic heterocycles. The highest BCUT2D eigenvalue weighted by molar-refractivity contribution is 6.18. The third kappa shape index (κ3) is 4.53. The summed E-state index contributed by atoms with van der Waals surface area (Å²) in [4.78, 5) is 0. The average Bonchev–Trinajstić information content (AvgIpc) is 1.84. The molecule has 0 atom stereocenters. The van der Waals surface area contributed by atoms with Gasteiger partial charge in [0.1, 0.15) is 0 Å². The summed E-state index contributed by atoms with van der Waals surface area (Å²) in [5.74, 6) is 0.733. The van der Waals surface area contributed by atoms with Crippen LogP contribution in [0.3, 0.4) is 0 Å². The van der Waals surface area contributed by atoms with Gasteiger partial charge in [-0.15, -0.1) is 11.6 Å². The van der Waals surface area contributed by atoms with Crippen LogP contribution >= 0.6 is 11.6 Å². The van der Waals surface area contributed by atoms with E-state index in [1.807, 2.05) is 6.92 Å². The number of halogens is 1. The van der Waals surface area contributed by atoms with Crippen molar-refractivity contribution in [2.75, 3.05) is 5.88 Å². The van der Waals surface area contributed by atoms with Crippen molar-refractivity contribution in [3.05, 3.63) is 12.2 Å². The minimum Gasteiger partial charge on any atom is -0.126 e. The lowest BCUT2D eigenvalue weighted by Gasteiger charge is -2.17. The first kappa shape index (κ1) is 9.03. The molecule has 0 radical (unpaired) electrons. The predicted octanol–water partition coefficient (Wildman–Crippen LogP) is 3.22. The highest BCUT2D eigenvalue weighted by Crippen LogP contribution is 2.21. The highest BCUT2D eigenvalue weighted by Gasteiger charge is 2.12. The molecule has 0 aliphatic rings. The average molecular weight is 147 g/mol. The van der Waals surface area contributed by atoms with Crippen molar-refractivity contribution in [2.24, 2.45) is 5.41 Å². The fourth-order valence-corrected chi connectivity index (χ4v) is 0.601. The number of hydrogen-bond acceptors (Lipinski definition) is 0. The van der Waals surface area contributed by atoms with Crippen molar-refractivity contribution in [3.63, 3.8) is 0 Å². The summed E-state index contributed by atoms with van der Waals surface area (Å²) in [7, 11) is 0. The van der Waals surface area contributed by atoms with E-state index in [4.69, 9.17) is 11.6 Å². The number of alkyl halides is 1. The minimum atomic E-state index is 0.272. The van der Waals surface area contributed by atoms with E-state index in [2.05, 4.69) is 26.0 Å². The third-order valence-electron chi connectivity index (χ3n) is 1.27. The van der Waals surface area contributed by atoms with Crippen LogP contribution in [-0.2, 0) is 0 Å². The Kier molecular flexibility index (Phi) is 3.96. The molecule has 0 amide bonds. The SMILES string of the molecule is C/C=C/CC(C)(C)CCl. The van der Waals surface area contributed by atoms with E-state index in [1.165, 1.54) is 0 Å². The maximum absolute atomic E-state index is 5.70. The third-order valence-corrected chi connectivity index (χ3v) is 1.99. The zero-order valence-electron chi connectivity index (χ0n) is 6.45. The molecular weight excluding hydrogens is 132 g/mol. The Morgan fingerprint density at radius 3 is 2.33 bits per heavy atom. The molecule has 54 valence electrons. The van der Waals surface area contributed by atoms with Crippen LogP contribution in [0.15, 0.2) is 12.2 Å². The monoisotopic (exact) mass is 146 g/mol. The summed E-state index contributed by atoms with van der Waals surface area (Å²) in [5.41, 5.74) is 0.272. The van der Waals surface area contributed by atoms with Gasteiger partial charge in [0.05, 0.1) is 0 Å². The van der Waals surface area contributed by atoms with Crippen LogP contribution in [-0.4, -0.2) is 5.88 Å². The Bertz CT molecular complexity index is 92.7. The zero-order chi connectivity index (χ0) is 7.33. The lowest BCUT2D eigenvalue weighted by Crippen LogP contribution is -2.11. The molecule has 0 N–H and O–H groups in total. The lowest BCUT2D eigenvalue weighted by molar-refractivity contribution is 0.427. The maximum atomic E-state index is 5.70. The fourth-order valence-electron chi connectivity index (χ4n) is 0.491. The van der Waals surface area contributed by atoms with Crippen molar-refractivity contribution >= 4 is 11.6 Å². The van der Waals surface area contributed by atoms with Gasteiger partial charge in [-0.25, -0.2) is 0 Å². The van der Waals surface area contributed by atoms with Crippen molar-refractivity contribution in [1.29, 1.82) is 0 Å². The van der Waals surface area contributed by atoms with E-state index in [1.54, 1.807) is 0 Å².